The molecule has 29 heavy (non-hydrogen) atoms. The summed E-state index contributed by atoms with van der Waals surface area (Å²) in [5.41, 5.74) is 1.45. The maximum absolute atomic E-state index is 14.3. The average molecular weight is 400 g/mol. The monoisotopic (exact) mass is 400 g/mol. The summed E-state index contributed by atoms with van der Waals surface area (Å²) in [5, 5.41) is 14.4. The molecule has 8 nitrogen and oxygen atoms in total. The van der Waals surface area contributed by atoms with Crippen molar-refractivity contribution in [1.29, 1.82) is 0 Å². The van der Waals surface area contributed by atoms with Crippen molar-refractivity contribution in [3.63, 3.8) is 0 Å². The van der Waals surface area contributed by atoms with Crippen molar-refractivity contribution in [3.8, 4) is 11.4 Å². The number of pyridine rings is 1. The standard InChI is InChI=1S/C19H14F2N6O2.2H2/c1-10(11-2-4-12(20)5-3-11)25-19-16(21)9-24-18(26-19)15-8-23-17-14(15)6-13(7-22-17)27(28)29;;/h2-10H,1H3,(H,22,23)(H,24,25,26);2*1H/t10-;;/m0../s1. The minimum Gasteiger partial charge on any atom is -0.361 e. The molecule has 10 heteroatoms. The van der Waals surface area contributed by atoms with E-state index in [-0.39, 0.29) is 32.0 Å². The normalized spacial score (nSPS) is 12.1. The maximum atomic E-state index is 14.3. The Balaban J connectivity index is 0.00000171. The highest BCUT2D eigenvalue weighted by molar-refractivity contribution is 5.92. The number of H-pyrrole nitrogens is 1. The highest BCUT2D eigenvalue weighted by Gasteiger charge is 2.17. The minimum absolute atomic E-state index is 0. The number of halogens is 2. The topological polar surface area (TPSA) is 110 Å². The predicted molar refractivity (Wildman–Crippen MR) is 106 cm³/mol. The van der Waals surface area contributed by atoms with Crippen LogP contribution in [0, 0.1) is 21.7 Å². The Morgan fingerprint density at radius 1 is 1.21 bits per heavy atom. The van der Waals surface area contributed by atoms with Crippen LogP contribution in [0.2, 0.25) is 0 Å². The van der Waals surface area contributed by atoms with Crippen LogP contribution < -0.4 is 5.32 Å². The van der Waals surface area contributed by atoms with E-state index in [0.717, 1.165) is 18.0 Å². The molecule has 0 radical (unpaired) electrons. The zero-order valence-corrected chi connectivity index (χ0v) is 15.1. The summed E-state index contributed by atoms with van der Waals surface area (Å²) in [6, 6.07) is 6.84. The van der Waals surface area contributed by atoms with Gasteiger partial charge in [-0.3, -0.25) is 10.1 Å². The maximum Gasteiger partial charge on any atom is 0.288 e. The Kier molecular flexibility index (Phi) is 4.59. The molecule has 0 aliphatic carbocycles. The molecule has 3 heterocycles. The second-order valence-electron chi connectivity index (χ2n) is 6.36. The van der Waals surface area contributed by atoms with Gasteiger partial charge in [-0.2, -0.15) is 0 Å². The Bertz CT molecular complexity index is 1220. The van der Waals surface area contributed by atoms with Crippen molar-refractivity contribution < 1.29 is 16.6 Å². The summed E-state index contributed by atoms with van der Waals surface area (Å²) < 4.78 is 27.4. The average Bonchev–Trinajstić information content (AvgIpc) is 3.13. The number of hydrogen-bond donors (Lipinski definition) is 2. The van der Waals surface area contributed by atoms with Gasteiger partial charge in [0.1, 0.15) is 17.7 Å². The van der Waals surface area contributed by atoms with Gasteiger partial charge in [0.05, 0.1) is 17.2 Å². The fourth-order valence-electron chi connectivity index (χ4n) is 2.92. The third kappa shape index (κ3) is 3.59. The molecule has 0 spiro atoms. The van der Waals surface area contributed by atoms with Gasteiger partial charge in [-0.1, -0.05) is 12.1 Å². The van der Waals surface area contributed by atoms with Gasteiger partial charge in [0, 0.05) is 26.1 Å². The number of benzene rings is 1. The molecule has 4 rings (SSSR count). The number of nitro groups is 1. The lowest BCUT2D eigenvalue weighted by Gasteiger charge is -2.15. The van der Waals surface area contributed by atoms with Gasteiger partial charge in [-0.05, 0) is 24.6 Å². The second kappa shape index (κ2) is 7.23. The zero-order valence-electron chi connectivity index (χ0n) is 15.1. The number of aromatic nitrogens is 4. The fraction of sp³-hybridized carbons (Fsp3) is 0.105. The number of nitrogens with zero attached hydrogens (tertiary/aromatic N) is 4. The lowest BCUT2D eigenvalue weighted by molar-refractivity contribution is -0.385. The summed E-state index contributed by atoms with van der Waals surface area (Å²) in [4.78, 5) is 25.6. The van der Waals surface area contributed by atoms with Crippen LogP contribution in [-0.2, 0) is 0 Å². The summed E-state index contributed by atoms with van der Waals surface area (Å²) in [6.45, 7) is 1.79. The molecule has 0 amide bonds. The summed E-state index contributed by atoms with van der Waals surface area (Å²) in [6.07, 6.45) is 3.72. The molecule has 0 aliphatic heterocycles. The first-order chi connectivity index (χ1) is 13.9. The lowest BCUT2D eigenvalue weighted by Crippen LogP contribution is -2.10. The highest BCUT2D eigenvalue weighted by atomic mass is 19.1. The van der Waals surface area contributed by atoms with Gasteiger partial charge in [0.25, 0.3) is 5.69 Å². The molecule has 1 atom stereocenters. The largest absolute Gasteiger partial charge is 0.361 e. The molecule has 0 aliphatic rings. The first-order valence-electron chi connectivity index (χ1n) is 8.59. The summed E-state index contributed by atoms with van der Waals surface area (Å²) in [7, 11) is 0. The van der Waals surface area contributed by atoms with Gasteiger partial charge >= 0.3 is 0 Å². The third-order valence-corrected chi connectivity index (χ3v) is 4.44. The molecule has 3 aromatic heterocycles. The lowest BCUT2D eigenvalue weighted by atomic mass is 10.1. The van der Waals surface area contributed by atoms with Crippen LogP contribution in [-0.4, -0.2) is 24.9 Å². The van der Waals surface area contributed by atoms with Crippen molar-refractivity contribution in [1.82, 2.24) is 19.9 Å². The van der Waals surface area contributed by atoms with E-state index in [1.807, 2.05) is 0 Å². The third-order valence-electron chi connectivity index (χ3n) is 4.44. The van der Waals surface area contributed by atoms with Crippen molar-refractivity contribution in [2.75, 3.05) is 5.32 Å². The van der Waals surface area contributed by atoms with Gasteiger partial charge in [-0.15, -0.1) is 0 Å². The number of nitrogens with one attached hydrogen (secondary N) is 2. The number of aromatic amines is 1. The van der Waals surface area contributed by atoms with Crippen molar-refractivity contribution in [3.05, 3.63) is 76.2 Å². The van der Waals surface area contributed by atoms with Crippen LogP contribution in [0.3, 0.4) is 0 Å². The van der Waals surface area contributed by atoms with Crippen LogP contribution in [0.1, 0.15) is 21.4 Å². The van der Waals surface area contributed by atoms with Crippen LogP contribution >= 0.6 is 0 Å². The first-order valence-corrected chi connectivity index (χ1v) is 8.59. The number of anilines is 1. The first kappa shape index (κ1) is 18.4. The molecular formula is C19H18F2N6O2. The van der Waals surface area contributed by atoms with E-state index >= 15 is 0 Å². The van der Waals surface area contributed by atoms with Crippen LogP contribution in [0.15, 0.2) is 48.9 Å². The van der Waals surface area contributed by atoms with Crippen LogP contribution in [0.25, 0.3) is 22.4 Å². The summed E-state index contributed by atoms with van der Waals surface area (Å²) in [5.74, 6) is -0.890. The Morgan fingerprint density at radius 2 is 1.97 bits per heavy atom. The molecule has 0 saturated heterocycles. The molecule has 1 aromatic carbocycles. The predicted octanol–water partition coefficient (Wildman–Crippen LogP) is 4.87. The number of hydrogen-bond acceptors (Lipinski definition) is 6. The van der Waals surface area contributed by atoms with Crippen LogP contribution in [0.5, 0.6) is 0 Å². The summed E-state index contributed by atoms with van der Waals surface area (Å²) >= 11 is 0. The number of rotatable bonds is 5. The molecule has 0 fully saturated rings. The van der Waals surface area contributed by atoms with E-state index in [1.165, 1.54) is 18.2 Å². The zero-order chi connectivity index (χ0) is 20.5. The van der Waals surface area contributed by atoms with Gasteiger partial charge < -0.3 is 10.3 Å². The van der Waals surface area contributed by atoms with Crippen LogP contribution in [0.4, 0.5) is 20.3 Å². The second-order valence-corrected chi connectivity index (χ2v) is 6.36. The van der Waals surface area contributed by atoms with E-state index < -0.39 is 10.7 Å². The fourth-order valence-corrected chi connectivity index (χ4v) is 2.92. The van der Waals surface area contributed by atoms with E-state index in [1.54, 1.807) is 25.3 Å². The highest BCUT2D eigenvalue weighted by Crippen LogP contribution is 2.29. The Hall–Kier alpha value is -3.95. The van der Waals surface area contributed by atoms with Crippen molar-refractivity contribution >= 4 is 22.5 Å². The molecule has 2 N–H and O–H groups in total. The van der Waals surface area contributed by atoms with E-state index in [4.69, 9.17) is 0 Å². The molecule has 0 unspecified atom stereocenters. The molecule has 4 aromatic rings. The molecule has 0 bridgehead atoms. The smallest absolute Gasteiger partial charge is 0.288 e. The van der Waals surface area contributed by atoms with E-state index in [2.05, 4.69) is 25.3 Å². The van der Waals surface area contributed by atoms with Gasteiger partial charge in [0.15, 0.2) is 17.5 Å². The number of fused-ring (bicyclic) bond motifs is 1. The van der Waals surface area contributed by atoms with Gasteiger partial charge in [0.2, 0.25) is 0 Å². The van der Waals surface area contributed by atoms with Crippen molar-refractivity contribution in [2.45, 2.75) is 13.0 Å². The molecular weight excluding hydrogens is 382 g/mol. The Morgan fingerprint density at radius 3 is 2.69 bits per heavy atom. The molecule has 150 valence electrons. The Labute approximate surface area is 165 Å². The SMILES string of the molecule is C[C@H](Nc1nc(-c2c[nH]c3ncc([N+](=O)[O-])cc23)ncc1F)c1ccc(F)cc1.[HH].[HH]. The molecule has 0 saturated carbocycles. The van der Waals surface area contributed by atoms with Crippen molar-refractivity contribution in [2.24, 2.45) is 0 Å². The van der Waals surface area contributed by atoms with Gasteiger partial charge in [-0.25, -0.2) is 23.7 Å². The quantitative estimate of drug-likeness (QED) is 0.365. The van der Waals surface area contributed by atoms with E-state index in [9.17, 15) is 18.9 Å². The minimum atomic E-state index is -0.661. The van der Waals surface area contributed by atoms with E-state index in [0.29, 0.717) is 16.6 Å².